The van der Waals surface area contributed by atoms with E-state index in [1.54, 1.807) is 24.2 Å². The second-order valence-corrected chi connectivity index (χ2v) is 6.27. The number of nitrogens with zero attached hydrogens (tertiary/aromatic N) is 2. The highest BCUT2D eigenvalue weighted by atomic mass is 32.2. The van der Waals surface area contributed by atoms with E-state index in [1.807, 2.05) is 24.3 Å². The fourth-order valence-corrected chi connectivity index (χ4v) is 3.27. The molecule has 0 fully saturated rings. The lowest BCUT2D eigenvalue weighted by Gasteiger charge is -2.19. The number of fused-ring (bicyclic) bond motifs is 2. The molecule has 0 radical (unpaired) electrons. The van der Waals surface area contributed by atoms with Crippen molar-refractivity contribution >= 4 is 34.6 Å². The monoisotopic (exact) mass is 321 g/mol. The summed E-state index contributed by atoms with van der Waals surface area (Å²) in [6, 6.07) is 14.1. The molecular weight excluding hydrogens is 306 g/mol. The Morgan fingerprint density at radius 3 is 2.74 bits per heavy atom. The van der Waals surface area contributed by atoms with E-state index in [0.717, 1.165) is 39.3 Å². The largest absolute Gasteiger partial charge is 0.399 e. The molecule has 0 saturated heterocycles. The SMILES string of the molecule is Nc1ccc(NCc2ccc3c(c2)Nc2nccnc2S3)cc1. The molecule has 1 aromatic heterocycles. The number of benzene rings is 2. The number of nitrogens with two attached hydrogens (primary N) is 1. The van der Waals surface area contributed by atoms with E-state index in [4.69, 9.17) is 5.73 Å². The van der Waals surface area contributed by atoms with E-state index in [9.17, 15) is 0 Å². The van der Waals surface area contributed by atoms with Gasteiger partial charge in [-0.1, -0.05) is 17.8 Å². The average Bonchev–Trinajstić information content (AvgIpc) is 2.59. The van der Waals surface area contributed by atoms with Crippen molar-refractivity contribution in [2.24, 2.45) is 0 Å². The molecule has 0 atom stereocenters. The topological polar surface area (TPSA) is 75.9 Å². The van der Waals surface area contributed by atoms with Gasteiger partial charge in [0.1, 0.15) is 5.03 Å². The normalized spacial score (nSPS) is 12.0. The first-order valence-corrected chi connectivity index (χ1v) is 8.08. The predicted octanol–water partition coefficient (Wildman–Crippen LogP) is 3.88. The third-order valence-corrected chi connectivity index (χ3v) is 4.64. The molecule has 0 bridgehead atoms. The Balaban J connectivity index is 1.51. The average molecular weight is 321 g/mol. The van der Waals surface area contributed by atoms with Gasteiger partial charge < -0.3 is 16.4 Å². The maximum Gasteiger partial charge on any atom is 0.163 e. The molecule has 1 aliphatic heterocycles. The van der Waals surface area contributed by atoms with Gasteiger partial charge in [0, 0.05) is 35.2 Å². The standard InChI is InChI=1S/C17H15N5S/c18-12-2-4-13(5-3-12)21-10-11-1-6-15-14(9-11)22-16-17(23-15)20-8-7-19-16/h1-9,21H,10,18H2,(H,19,22). The Hall–Kier alpha value is -2.73. The zero-order valence-electron chi connectivity index (χ0n) is 12.3. The minimum absolute atomic E-state index is 0.747. The number of hydrogen-bond acceptors (Lipinski definition) is 6. The fourth-order valence-electron chi connectivity index (χ4n) is 2.40. The number of nitrogen functional groups attached to an aromatic ring is 1. The molecule has 0 amide bonds. The molecule has 114 valence electrons. The third kappa shape index (κ3) is 2.93. The second-order valence-electron chi connectivity index (χ2n) is 5.24. The van der Waals surface area contributed by atoms with E-state index in [2.05, 4.69) is 38.8 Å². The molecule has 1 aliphatic rings. The molecule has 0 aliphatic carbocycles. The quantitative estimate of drug-likeness (QED) is 0.497. The number of nitrogens with one attached hydrogen (secondary N) is 2. The van der Waals surface area contributed by atoms with Crippen LogP contribution in [0.5, 0.6) is 0 Å². The minimum atomic E-state index is 0.747. The molecule has 4 N–H and O–H groups in total. The van der Waals surface area contributed by atoms with Crippen LogP contribution in [0.1, 0.15) is 5.56 Å². The zero-order chi connectivity index (χ0) is 15.6. The minimum Gasteiger partial charge on any atom is -0.399 e. The number of anilines is 4. The van der Waals surface area contributed by atoms with Crippen molar-refractivity contribution < 1.29 is 0 Å². The summed E-state index contributed by atoms with van der Waals surface area (Å²) in [5.41, 5.74) is 9.78. The summed E-state index contributed by atoms with van der Waals surface area (Å²) in [5, 5.41) is 7.65. The maximum atomic E-state index is 5.70. The summed E-state index contributed by atoms with van der Waals surface area (Å²) in [6.07, 6.45) is 3.41. The Kier molecular flexibility index (Phi) is 3.51. The van der Waals surface area contributed by atoms with Crippen LogP contribution < -0.4 is 16.4 Å². The van der Waals surface area contributed by atoms with Gasteiger partial charge in [-0.2, -0.15) is 0 Å². The van der Waals surface area contributed by atoms with Crippen LogP contribution in [0, 0.1) is 0 Å². The molecule has 2 heterocycles. The van der Waals surface area contributed by atoms with Gasteiger partial charge in [-0.15, -0.1) is 0 Å². The lowest BCUT2D eigenvalue weighted by molar-refractivity contribution is 1.04. The summed E-state index contributed by atoms with van der Waals surface area (Å²) >= 11 is 1.64. The van der Waals surface area contributed by atoms with Gasteiger partial charge in [0.25, 0.3) is 0 Å². The molecule has 4 rings (SSSR count). The van der Waals surface area contributed by atoms with E-state index in [0.29, 0.717) is 0 Å². The van der Waals surface area contributed by atoms with Gasteiger partial charge in [0.15, 0.2) is 5.82 Å². The van der Waals surface area contributed by atoms with Crippen LogP contribution in [-0.4, -0.2) is 9.97 Å². The fraction of sp³-hybridized carbons (Fsp3) is 0.0588. The van der Waals surface area contributed by atoms with Gasteiger partial charge in [-0.05, 0) is 42.0 Å². The molecule has 0 saturated carbocycles. The van der Waals surface area contributed by atoms with Gasteiger partial charge >= 0.3 is 0 Å². The van der Waals surface area contributed by atoms with Crippen LogP contribution >= 0.6 is 11.8 Å². The number of aromatic nitrogens is 2. The van der Waals surface area contributed by atoms with Crippen LogP contribution in [0.3, 0.4) is 0 Å². The van der Waals surface area contributed by atoms with E-state index in [-0.39, 0.29) is 0 Å². The summed E-state index contributed by atoms with van der Waals surface area (Å²) in [6.45, 7) is 0.747. The Labute approximate surface area is 138 Å². The molecule has 0 unspecified atom stereocenters. The van der Waals surface area contributed by atoms with Crippen molar-refractivity contribution in [2.75, 3.05) is 16.4 Å². The first kappa shape index (κ1) is 13.9. The molecule has 0 spiro atoms. The third-order valence-electron chi connectivity index (χ3n) is 3.58. The van der Waals surface area contributed by atoms with Gasteiger partial charge in [-0.25, -0.2) is 9.97 Å². The molecule has 2 aromatic carbocycles. The van der Waals surface area contributed by atoms with Crippen LogP contribution in [-0.2, 0) is 6.54 Å². The van der Waals surface area contributed by atoms with Crippen molar-refractivity contribution in [1.29, 1.82) is 0 Å². The lowest BCUT2D eigenvalue weighted by atomic mass is 10.2. The molecular formula is C17H15N5S. The molecule has 5 nitrogen and oxygen atoms in total. The maximum absolute atomic E-state index is 5.70. The second kappa shape index (κ2) is 5.81. The van der Waals surface area contributed by atoms with Crippen LogP contribution in [0.25, 0.3) is 0 Å². The van der Waals surface area contributed by atoms with Gasteiger partial charge in [0.05, 0.1) is 5.69 Å². The Morgan fingerprint density at radius 2 is 1.87 bits per heavy atom. The van der Waals surface area contributed by atoms with E-state index < -0.39 is 0 Å². The zero-order valence-corrected chi connectivity index (χ0v) is 13.1. The first-order chi connectivity index (χ1) is 11.3. The highest BCUT2D eigenvalue weighted by molar-refractivity contribution is 7.99. The summed E-state index contributed by atoms with van der Waals surface area (Å²) in [4.78, 5) is 9.83. The van der Waals surface area contributed by atoms with E-state index in [1.165, 1.54) is 5.56 Å². The van der Waals surface area contributed by atoms with Crippen molar-refractivity contribution in [3.8, 4) is 0 Å². The van der Waals surface area contributed by atoms with Gasteiger partial charge in [0.2, 0.25) is 0 Å². The van der Waals surface area contributed by atoms with Crippen molar-refractivity contribution in [3.63, 3.8) is 0 Å². The van der Waals surface area contributed by atoms with Crippen LogP contribution in [0.15, 0.2) is 64.8 Å². The Bertz CT molecular complexity index is 848. The Morgan fingerprint density at radius 1 is 1.04 bits per heavy atom. The van der Waals surface area contributed by atoms with Crippen molar-refractivity contribution in [1.82, 2.24) is 9.97 Å². The lowest BCUT2D eigenvalue weighted by Crippen LogP contribution is -2.05. The summed E-state index contributed by atoms with van der Waals surface area (Å²) in [7, 11) is 0. The van der Waals surface area contributed by atoms with Gasteiger partial charge in [-0.3, -0.25) is 0 Å². The highest BCUT2D eigenvalue weighted by Crippen LogP contribution is 2.42. The predicted molar refractivity (Wildman–Crippen MR) is 94.1 cm³/mol. The highest BCUT2D eigenvalue weighted by Gasteiger charge is 2.17. The summed E-state index contributed by atoms with van der Waals surface area (Å²) in [5.74, 6) is 0.814. The molecule has 6 heteroatoms. The van der Waals surface area contributed by atoms with Crippen molar-refractivity contribution in [2.45, 2.75) is 16.5 Å². The van der Waals surface area contributed by atoms with E-state index >= 15 is 0 Å². The smallest absolute Gasteiger partial charge is 0.163 e. The van der Waals surface area contributed by atoms with Crippen molar-refractivity contribution in [3.05, 3.63) is 60.4 Å². The summed E-state index contributed by atoms with van der Waals surface area (Å²) < 4.78 is 0. The first-order valence-electron chi connectivity index (χ1n) is 7.26. The van der Waals surface area contributed by atoms with Crippen LogP contribution in [0.2, 0.25) is 0 Å². The van der Waals surface area contributed by atoms with Crippen LogP contribution in [0.4, 0.5) is 22.9 Å². The number of rotatable bonds is 3. The molecule has 3 aromatic rings. The molecule has 23 heavy (non-hydrogen) atoms. The number of hydrogen-bond donors (Lipinski definition) is 3.